The second kappa shape index (κ2) is 10.6. The number of aromatic nitrogens is 2. The molecular formula is C25H34N4O2. The van der Waals surface area contributed by atoms with E-state index in [0.29, 0.717) is 31.1 Å². The van der Waals surface area contributed by atoms with Gasteiger partial charge >= 0.3 is 0 Å². The molecule has 1 aromatic carbocycles. The van der Waals surface area contributed by atoms with Crippen molar-refractivity contribution in [2.75, 3.05) is 24.5 Å². The van der Waals surface area contributed by atoms with Gasteiger partial charge in [0, 0.05) is 43.7 Å². The van der Waals surface area contributed by atoms with E-state index in [2.05, 4.69) is 57.6 Å². The number of anilines is 1. The van der Waals surface area contributed by atoms with Crippen molar-refractivity contribution >= 4 is 11.6 Å². The van der Waals surface area contributed by atoms with Crippen LogP contribution in [-0.2, 0) is 11.2 Å². The van der Waals surface area contributed by atoms with Crippen LogP contribution in [0.2, 0.25) is 0 Å². The van der Waals surface area contributed by atoms with Crippen LogP contribution in [0, 0.1) is 5.92 Å². The molecule has 1 fully saturated rings. The highest BCUT2D eigenvalue weighted by atomic mass is 16.5. The summed E-state index contributed by atoms with van der Waals surface area (Å²) in [5.74, 6) is 1.95. The molecule has 4 rings (SSSR count). The van der Waals surface area contributed by atoms with Gasteiger partial charge in [0.1, 0.15) is 0 Å². The second-order valence-electron chi connectivity index (χ2n) is 8.94. The monoisotopic (exact) mass is 422 g/mol. The summed E-state index contributed by atoms with van der Waals surface area (Å²) in [5.41, 5.74) is 3.67. The van der Waals surface area contributed by atoms with Crippen LogP contribution in [0.4, 0.5) is 5.69 Å². The third kappa shape index (κ3) is 6.18. The fourth-order valence-corrected chi connectivity index (χ4v) is 4.36. The van der Waals surface area contributed by atoms with Gasteiger partial charge in [-0.1, -0.05) is 23.7 Å². The molecule has 1 amide bonds. The first-order chi connectivity index (χ1) is 15.2. The Morgan fingerprint density at radius 3 is 2.71 bits per heavy atom. The lowest BCUT2D eigenvalue weighted by atomic mass is 9.97. The molecule has 0 saturated carbocycles. The molecule has 31 heavy (non-hydrogen) atoms. The van der Waals surface area contributed by atoms with E-state index in [-0.39, 0.29) is 5.91 Å². The summed E-state index contributed by atoms with van der Waals surface area (Å²) in [4.78, 5) is 19.0. The van der Waals surface area contributed by atoms with Crippen molar-refractivity contribution in [2.45, 2.75) is 64.7 Å². The van der Waals surface area contributed by atoms with Crippen molar-refractivity contribution < 1.29 is 9.32 Å². The minimum absolute atomic E-state index is 0.0383. The maximum absolute atomic E-state index is 12.1. The zero-order chi connectivity index (χ0) is 21.5. The smallest absolute Gasteiger partial charge is 0.227 e. The number of carbonyl (C=O) groups is 1. The lowest BCUT2D eigenvalue weighted by Gasteiger charge is -2.32. The molecule has 1 aliphatic heterocycles. The first-order valence-electron chi connectivity index (χ1n) is 11.8. The maximum atomic E-state index is 12.1. The van der Waals surface area contributed by atoms with E-state index in [1.807, 2.05) is 0 Å². The van der Waals surface area contributed by atoms with Crippen LogP contribution in [0.3, 0.4) is 0 Å². The maximum Gasteiger partial charge on any atom is 0.227 e. The molecule has 2 aromatic rings. The van der Waals surface area contributed by atoms with Crippen molar-refractivity contribution in [2.24, 2.45) is 5.92 Å². The van der Waals surface area contributed by atoms with Gasteiger partial charge in [0.15, 0.2) is 0 Å². The summed E-state index contributed by atoms with van der Waals surface area (Å²) in [6.07, 6.45) is 11.6. The number of aryl methyl sites for hydroxylation is 1. The summed E-state index contributed by atoms with van der Waals surface area (Å²) in [6, 6.07) is 8.37. The zero-order valence-corrected chi connectivity index (χ0v) is 18.6. The van der Waals surface area contributed by atoms with Gasteiger partial charge in [0.05, 0.1) is 0 Å². The summed E-state index contributed by atoms with van der Waals surface area (Å²) in [6.45, 7) is 5.27. The van der Waals surface area contributed by atoms with Crippen molar-refractivity contribution in [3.05, 3.63) is 41.8 Å². The van der Waals surface area contributed by atoms with Gasteiger partial charge in [-0.15, -0.1) is 0 Å². The average molecular weight is 423 g/mol. The molecule has 0 atom stereocenters. The molecule has 1 aromatic heterocycles. The first-order valence-corrected chi connectivity index (χ1v) is 11.8. The molecule has 0 bridgehead atoms. The number of amides is 1. The largest absolute Gasteiger partial charge is 0.372 e. The fraction of sp³-hybridized carbons (Fsp3) is 0.560. The normalized spacial score (nSPS) is 17.5. The minimum Gasteiger partial charge on any atom is -0.372 e. The van der Waals surface area contributed by atoms with Gasteiger partial charge in [0.2, 0.25) is 17.6 Å². The number of rotatable bonds is 8. The number of benzene rings is 1. The predicted octanol–water partition coefficient (Wildman–Crippen LogP) is 4.91. The van der Waals surface area contributed by atoms with E-state index in [1.54, 1.807) is 0 Å². The quantitative estimate of drug-likeness (QED) is 0.612. The zero-order valence-electron chi connectivity index (χ0n) is 18.6. The fourth-order valence-electron chi connectivity index (χ4n) is 4.36. The molecule has 1 aliphatic carbocycles. The minimum atomic E-state index is 0.0383. The molecule has 0 radical (unpaired) electrons. The molecular weight excluding hydrogens is 388 g/mol. The number of hydrogen-bond acceptors (Lipinski definition) is 5. The molecule has 0 spiro atoms. The SMILES string of the molecule is CC1CCN(c2ccc(-c3noc(CCC(=O)NCCC4=CCCCC4)n3)cc2)CC1. The number of hydrogen-bond donors (Lipinski definition) is 1. The van der Waals surface area contributed by atoms with E-state index < -0.39 is 0 Å². The van der Waals surface area contributed by atoms with Crippen molar-refractivity contribution in [3.8, 4) is 11.4 Å². The van der Waals surface area contributed by atoms with Crippen LogP contribution in [0.25, 0.3) is 11.4 Å². The number of nitrogens with one attached hydrogen (secondary N) is 1. The summed E-state index contributed by atoms with van der Waals surface area (Å²) < 4.78 is 5.37. The highest BCUT2D eigenvalue weighted by Crippen LogP contribution is 2.25. The number of allylic oxidation sites excluding steroid dienone is 1. The Hall–Kier alpha value is -2.63. The highest BCUT2D eigenvalue weighted by Gasteiger charge is 2.17. The van der Waals surface area contributed by atoms with Crippen molar-refractivity contribution in [3.63, 3.8) is 0 Å². The third-order valence-electron chi connectivity index (χ3n) is 6.46. The lowest BCUT2D eigenvalue weighted by Crippen LogP contribution is -2.32. The Morgan fingerprint density at radius 2 is 1.97 bits per heavy atom. The number of carbonyl (C=O) groups excluding carboxylic acids is 1. The Bertz CT molecular complexity index is 879. The van der Waals surface area contributed by atoms with Gasteiger partial charge in [-0.05, 0) is 75.1 Å². The van der Waals surface area contributed by atoms with E-state index in [0.717, 1.165) is 31.0 Å². The summed E-state index contributed by atoms with van der Waals surface area (Å²) in [5, 5.41) is 7.11. The van der Waals surface area contributed by atoms with Crippen LogP contribution < -0.4 is 10.2 Å². The van der Waals surface area contributed by atoms with Crippen LogP contribution >= 0.6 is 0 Å². The van der Waals surface area contributed by atoms with Gasteiger partial charge < -0.3 is 14.7 Å². The van der Waals surface area contributed by atoms with E-state index >= 15 is 0 Å². The molecule has 6 heteroatoms. The molecule has 2 heterocycles. The Labute approximate surface area is 185 Å². The van der Waals surface area contributed by atoms with Crippen molar-refractivity contribution in [1.29, 1.82) is 0 Å². The number of piperidine rings is 1. The van der Waals surface area contributed by atoms with Crippen LogP contribution in [0.1, 0.15) is 64.2 Å². The Morgan fingerprint density at radius 1 is 1.16 bits per heavy atom. The molecule has 2 aliphatic rings. The third-order valence-corrected chi connectivity index (χ3v) is 6.46. The van der Waals surface area contributed by atoms with Crippen LogP contribution in [-0.4, -0.2) is 35.7 Å². The standard InChI is InChI=1S/C25H34N4O2/c1-19-14-17-29(18-15-19)22-9-7-21(8-10-22)25-27-24(31-28-25)12-11-23(30)26-16-13-20-5-3-2-4-6-20/h5,7-10,19H,2-4,6,11-18H2,1H3,(H,26,30). The average Bonchev–Trinajstić information content (AvgIpc) is 3.28. The molecule has 6 nitrogen and oxygen atoms in total. The summed E-state index contributed by atoms with van der Waals surface area (Å²) in [7, 11) is 0. The first kappa shape index (κ1) is 21.6. The van der Waals surface area contributed by atoms with Crippen molar-refractivity contribution in [1.82, 2.24) is 15.5 Å². The van der Waals surface area contributed by atoms with E-state index in [4.69, 9.17) is 4.52 Å². The van der Waals surface area contributed by atoms with Gasteiger partial charge in [-0.25, -0.2) is 0 Å². The Kier molecular flexibility index (Phi) is 7.39. The van der Waals surface area contributed by atoms with Gasteiger partial charge in [-0.2, -0.15) is 4.98 Å². The topological polar surface area (TPSA) is 71.3 Å². The van der Waals surface area contributed by atoms with Gasteiger partial charge in [0.25, 0.3) is 0 Å². The Balaban J connectivity index is 1.22. The lowest BCUT2D eigenvalue weighted by molar-refractivity contribution is -0.121. The molecule has 0 unspecified atom stereocenters. The van der Waals surface area contributed by atoms with Crippen LogP contribution in [0.5, 0.6) is 0 Å². The van der Waals surface area contributed by atoms with Crippen LogP contribution in [0.15, 0.2) is 40.4 Å². The predicted molar refractivity (Wildman–Crippen MR) is 123 cm³/mol. The highest BCUT2D eigenvalue weighted by molar-refractivity contribution is 5.76. The van der Waals surface area contributed by atoms with Gasteiger partial charge in [-0.3, -0.25) is 4.79 Å². The molecule has 1 N–H and O–H groups in total. The molecule has 1 saturated heterocycles. The van der Waals surface area contributed by atoms with E-state index in [1.165, 1.54) is 49.8 Å². The van der Waals surface area contributed by atoms with E-state index in [9.17, 15) is 4.79 Å². The summed E-state index contributed by atoms with van der Waals surface area (Å²) >= 11 is 0. The second-order valence-corrected chi connectivity index (χ2v) is 8.94. The number of nitrogens with zero attached hydrogens (tertiary/aromatic N) is 3. The molecule has 166 valence electrons.